The maximum absolute atomic E-state index is 14.6. The number of likely N-dealkylation sites (tertiary alicyclic amines) is 1. The number of aromatic nitrogens is 2. The summed E-state index contributed by atoms with van der Waals surface area (Å²) in [5.41, 5.74) is 0.460. The van der Waals surface area contributed by atoms with E-state index in [0.29, 0.717) is 44.1 Å². The fraction of sp³-hybridized carbons (Fsp3) is 0.387. The number of amides is 3. The summed E-state index contributed by atoms with van der Waals surface area (Å²) in [6.45, 7) is 1.84. The predicted octanol–water partition coefficient (Wildman–Crippen LogP) is 3.86. The van der Waals surface area contributed by atoms with Gasteiger partial charge in [-0.25, -0.2) is 13.8 Å². The number of imidazole rings is 1. The maximum atomic E-state index is 14.6. The van der Waals surface area contributed by atoms with Gasteiger partial charge in [-0.15, -0.1) is 0 Å². The Bertz CT molecular complexity index is 1610. The van der Waals surface area contributed by atoms with Crippen LogP contribution < -0.4 is 20.7 Å². The van der Waals surface area contributed by atoms with Crippen LogP contribution in [0.1, 0.15) is 40.2 Å². The van der Waals surface area contributed by atoms with Crippen LogP contribution in [0.2, 0.25) is 5.02 Å². The van der Waals surface area contributed by atoms with E-state index < -0.39 is 30.2 Å². The van der Waals surface area contributed by atoms with Gasteiger partial charge in [0.15, 0.2) is 17.4 Å². The third kappa shape index (κ3) is 8.40. The number of nitrogens with one attached hydrogen (secondary N) is 3. The molecule has 3 heterocycles. The first kappa shape index (κ1) is 35.2. The summed E-state index contributed by atoms with van der Waals surface area (Å²) >= 11 is 6.44. The van der Waals surface area contributed by atoms with E-state index in [2.05, 4.69) is 25.7 Å². The molecule has 0 radical (unpaired) electrons. The van der Waals surface area contributed by atoms with E-state index in [1.54, 1.807) is 4.90 Å². The molecule has 2 aromatic carbocycles. The molecule has 0 saturated carbocycles. The Morgan fingerprint density at radius 2 is 1.87 bits per heavy atom. The molecule has 47 heavy (non-hydrogen) atoms. The number of halogens is 4. The van der Waals surface area contributed by atoms with Gasteiger partial charge in [0.2, 0.25) is 18.6 Å². The number of ether oxygens (including phenoxy) is 1. The highest BCUT2D eigenvalue weighted by Crippen LogP contribution is 2.31. The number of benzene rings is 2. The lowest BCUT2D eigenvalue weighted by molar-refractivity contribution is -0.126. The van der Waals surface area contributed by atoms with Crippen LogP contribution in [-0.4, -0.2) is 83.3 Å². The number of rotatable bonds is 9. The lowest BCUT2D eigenvalue weighted by Crippen LogP contribution is -2.44. The molecule has 3 aromatic rings. The number of nitrogens with zero attached hydrogens (tertiary/aromatic N) is 3. The Morgan fingerprint density at radius 3 is 2.51 bits per heavy atom. The first-order chi connectivity index (χ1) is 22.6. The molecule has 0 spiro atoms. The fourth-order valence-electron chi connectivity index (χ4n) is 5.52. The van der Waals surface area contributed by atoms with E-state index >= 15 is 0 Å². The van der Waals surface area contributed by atoms with Crippen molar-refractivity contribution < 1.29 is 42.2 Å². The highest BCUT2D eigenvalue weighted by Gasteiger charge is 2.29. The number of anilines is 1. The van der Waals surface area contributed by atoms with Crippen molar-refractivity contribution >= 4 is 41.5 Å². The van der Waals surface area contributed by atoms with Gasteiger partial charge < -0.3 is 35.3 Å². The van der Waals surface area contributed by atoms with E-state index in [9.17, 15) is 27.6 Å². The summed E-state index contributed by atoms with van der Waals surface area (Å²) in [5.74, 6) is -3.90. The van der Waals surface area contributed by atoms with Crippen LogP contribution in [0.3, 0.4) is 0 Å². The minimum absolute atomic E-state index is 0.0281. The minimum atomic E-state index is -1.36. The summed E-state index contributed by atoms with van der Waals surface area (Å²) in [6.07, 6.45) is 3.38. The molecule has 1 aromatic heterocycles. The standard InChI is InChI=1S/C30H32ClF3N6O4.CH2O2/c1-39-23(21-4-5-24(44-16-32)26(34)25(21)33)15-36-27(39)29(42)38-19-2-3-20(22(31)12-19)30(43)40-10-7-18(8-11-40)28(41)37-14-17-6-9-35-13-17;2-1-3/h2-5,12,15,17-18,35H,6-11,13-14,16H2,1H3,(H,37,41)(H,38,42);1H,(H,2,3)/t17-;/m1./s1. The van der Waals surface area contributed by atoms with Crippen LogP contribution in [0.4, 0.5) is 18.9 Å². The molecule has 0 aliphatic carbocycles. The Hall–Kier alpha value is -4.63. The van der Waals surface area contributed by atoms with Crippen LogP contribution in [0, 0.1) is 23.5 Å². The molecule has 252 valence electrons. The number of alkyl halides is 1. The van der Waals surface area contributed by atoms with Gasteiger partial charge >= 0.3 is 0 Å². The van der Waals surface area contributed by atoms with Crippen LogP contribution in [0.15, 0.2) is 36.5 Å². The second-order valence-electron chi connectivity index (χ2n) is 10.9. The van der Waals surface area contributed by atoms with E-state index in [1.807, 2.05) is 0 Å². The monoisotopic (exact) mass is 678 g/mol. The molecule has 2 aliphatic heterocycles. The third-order valence-electron chi connectivity index (χ3n) is 8.06. The van der Waals surface area contributed by atoms with E-state index in [-0.39, 0.29) is 51.9 Å². The number of hydrogen-bond donors (Lipinski definition) is 4. The summed E-state index contributed by atoms with van der Waals surface area (Å²) in [4.78, 5) is 52.8. The molecule has 2 fully saturated rings. The Balaban J connectivity index is 0.00000160. The largest absolute Gasteiger partial charge is 0.483 e. The summed E-state index contributed by atoms with van der Waals surface area (Å²) < 4.78 is 47.0. The zero-order valence-electron chi connectivity index (χ0n) is 25.4. The van der Waals surface area contributed by atoms with Crippen LogP contribution in [-0.2, 0) is 16.6 Å². The molecule has 5 rings (SSSR count). The first-order valence-electron chi connectivity index (χ1n) is 14.7. The molecule has 3 amide bonds. The number of carboxylic acid groups (broad SMARTS) is 1. The van der Waals surface area contributed by atoms with Gasteiger partial charge in [0.05, 0.1) is 22.5 Å². The smallest absolute Gasteiger partial charge is 0.291 e. The molecule has 1 atom stereocenters. The second-order valence-corrected chi connectivity index (χ2v) is 11.4. The van der Waals surface area contributed by atoms with Gasteiger partial charge in [-0.3, -0.25) is 19.2 Å². The summed E-state index contributed by atoms with van der Waals surface area (Å²) in [6, 6.07) is 6.76. The van der Waals surface area contributed by atoms with Crippen molar-refractivity contribution in [2.24, 2.45) is 18.9 Å². The average Bonchev–Trinajstić information content (AvgIpc) is 3.72. The van der Waals surface area contributed by atoms with Crippen molar-refractivity contribution in [3.8, 4) is 17.0 Å². The predicted molar refractivity (Wildman–Crippen MR) is 166 cm³/mol. The van der Waals surface area contributed by atoms with Crippen LogP contribution >= 0.6 is 11.6 Å². The van der Waals surface area contributed by atoms with Crippen molar-refractivity contribution in [3.05, 3.63) is 64.6 Å². The zero-order chi connectivity index (χ0) is 34.1. The topological polar surface area (TPSA) is 155 Å². The molecular formula is C31H34ClF3N6O6. The molecular weight excluding hydrogens is 645 g/mol. The molecule has 12 nitrogen and oxygen atoms in total. The molecule has 0 unspecified atom stereocenters. The number of piperidine rings is 1. The van der Waals surface area contributed by atoms with Gasteiger partial charge in [0, 0.05) is 43.9 Å². The Labute approximate surface area is 273 Å². The van der Waals surface area contributed by atoms with Crippen molar-refractivity contribution in [1.82, 2.24) is 25.1 Å². The van der Waals surface area contributed by atoms with Crippen LogP contribution in [0.5, 0.6) is 5.75 Å². The van der Waals surface area contributed by atoms with Gasteiger partial charge in [-0.2, -0.15) is 4.39 Å². The number of carbonyl (C=O) groups excluding carboxylic acids is 3. The molecule has 16 heteroatoms. The Morgan fingerprint density at radius 1 is 1.15 bits per heavy atom. The summed E-state index contributed by atoms with van der Waals surface area (Å²) in [5, 5.41) is 16.0. The fourth-order valence-corrected chi connectivity index (χ4v) is 5.78. The first-order valence-corrected chi connectivity index (χ1v) is 15.1. The van der Waals surface area contributed by atoms with Gasteiger partial charge in [-0.1, -0.05) is 11.6 Å². The summed E-state index contributed by atoms with van der Waals surface area (Å²) in [7, 11) is 1.45. The molecule has 2 saturated heterocycles. The van der Waals surface area contributed by atoms with Crippen molar-refractivity contribution in [2.45, 2.75) is 19.3 Å². The van der Waals surface area contributed by atoms with Gasteiger partial charge in [0.25, 0.3) is 18.3 Å². The SMILES string of the molecule is Cn1c(-c2ccc(OCF)c(F)c2F)cnc1C(=O)Nc1ccc(C(=O)N2CCC(C(=O)NC[C@@H]3CCNC3)CC2)c(Cl)c1.O=CO. The lowest BCUT2D eigenvalue weighted by Gasteiger charge is -2.31. The average molecular weight is 679 g/mol. The van der Waals surface area contributed by atoms with E-state index in [4.69, 9.17) is 21.5 Å². The highest BCUT2D eigenvalue weighted by atomic mass is 35.5. The Kier molecular flexibility index (Phi) is 12.2. The molecule has 0 bridgehead atoms. The number of hydrogen-bond acceptors (Lipinski definition) is 7. The molecule has 2 aliphatic rings. The van der Waals surface area contributed by atoms with E-state index in [0.717, 1.165) is 25.6 Å². The highest BCUT2D eigenvalue weighted by molar-refractivity contribution is 6.34. The van der Waals surface area contributed by atoms with Gasteiger partial charge in [-0.05, 0) is 68.6 Å². The second kappa shape index (κ2) is 16.3. The van der Waals surface area contributed by atoms with Crippen molar-refractivity contribution in [2.75, 3.05) is 44.9 Å². The van der Waals surface area contributed by atoms with Gasteiger partial charge in [0.1, 0.15) is 0 Å². The molecule has 4 N–H and O–H groups in total. The van der Waals surface area contributed by atoms with Crippen molar-refractivity contribution in [1.29, 1.82) is 0 Å². The van der Waals surface area contributed by atoms with Crippen molar-refractivity contribution in [3.63, 3.8) is 0 Å². The van der Waals surface area contributed by atoms with Crippen LogP contribution in [0.25, 0.3) is 11.3 Å². The third-order valence-corrected chi connectivity index (χ3v) is 8.37. The van der Waals surface area contributed by atoms with E-state index in [1.165, 1.54) is 42.1 Å². The zero-order valence-corrected chi connectivity index (χ0v) is 26.2. The normalized spacial score (nSPS) is 16.2. The minimum Gasteiger partial charge on any atom is -0.483 e. The number of carbonyl (C=O) groups is 4. The quantitative estimate of drug-likeness (QED) is 0.249. The maximum Gasteiger partial charge on any atom is 0.291 e. The lowest BCUT2D eigenvalue weighted by atomic mass is 9.95.